The molecule has 0 bridgehead atoms. The third-order valence-electron chi connectivity index (χ3n) is 4.92. The first-order valence-corrected chi connectivity index (χ1v) is 9.81. The average molecular weight is 521 g/mol. The van der Waals surface area contributed by atoms with Gasteiger partial charge in [0, 0.05) is 0 Å². The number of fused-ring (bicyclic) bond motifs is 3. The van der Waals surface area contributed by atoms with E-state index in [4.69, 9.17) is 0 Å². The molecule has 3 heteroatoms. The van der Waals surface area contributed by atoms with Crippen molar-refractivity contribution in [2.75, 3.05) is 0 Å². The maximum Gasteiger partial charge on any atom is -1.00 e. The van der Waals surface area contributed by atoms with Crippen molar-refractivity contribution in [2.24, 2.45) is 0 Å². The molecule has 0 spiro atoms. The van der Waals surface area contributed by atoms with Gasteiger partial charge in [-0.3, -0.25) is 0 Å². The molecule has 0 amide bonds. The Hall–Kier alpha value is -0.630. The van der Waals surface area contributed by atoms with Crippen molar-refractivity contribution in [2.45, 2.75) is 32.1 Å². The molecule has 2 aliphatic carbocycles. The Morgan fingerprint density at radius 2 is 1.75 bits per heavy atom. The SMILES string of the molecule is CC(C)c1ccc2c([c]1[Hf+2])C(C1=CC=CC1)c1ccccc1-2.[Cl-].[Cl-]. The number of hydrogen-bond donors (Lipinski definition) is 0. The fourth-order valence-electron chi connectivity index (χ4n) is 3.86. The number of hydrogen-bond acceptors (Lipinski definition) is 0. The van der Waals surface area contributed by atoms with E-state index in [2.05, 4.69) is 68.5 Å². The molecule has 2 aromatic rings. The van der Waals surface area contributed by atoms with Gasteiger partial charge >= 0.3 is 148 Å². The Morgan fingerprint density at radius 1 is 1.00 bits per heavy atom. The number of benzene rings is 2. The van der Waals surface area contributed by atoms with Crippen LogP contribution in [0.25, 0.3) is 11.1 Å². The summed E-state index contributed by atoms with van der Waals surface area (Å²) < 4.78 is 1.63. The van der Waals surface area contributed by atoms with Crippen LogP contribution in [-0.4, -0.2) is 0 Å². The summed E-state index contributed by atoms with van der Waals surface area (Å²) in [7, 11) is 0. The molecule has 2 aromatic carbocycles. The van der Waals surface area contributed by atoms with E-state index in [1.54, 1.807) is 20.0 Å². The largest absolute Gasteiger partial charge is 1.00 e. The third-order valence-corrected chi connectivity index (χ3v) is 6.93. The Balaban J connectivity index is 0.00000104. The van der Waals surface area contributed by atoms with Crippen LogP contribution in [0.4, 0.5) is 0 Å². The van der Waals surface area contributed by atoms with E-state index in [1.807, 2.05) is 0 Å². The van der Waals surface area contributed by atoms with Crippen molar-refractivity contribution in [1.29, 1.82) is 0 Å². The average Bonchev–Trinajstić information content (AvgIpc) is 3.12. The molecule has 1 unspecified atom stereocenters. The maximum absolute atomic E-state index is 2.37. The molecule has 0 heterocycles. The summed E-state index contributed by atoms with van der Waals surface area (Å²) >= 11 is 1.12. The second-order valence-corrected chi connectivity index (χ2v) is 8.34. The van der Waals surface area contributed by atoms with Gasteiger partial charge in [0.2, 0.25) is 0 Å². The van der Waals surface area contributed by atoms with Gasteiger partial charge < -0.3 is 24.8 Å². The number of halogens is 2. The zero-order valence-corrected chi connectivity index (χ0v) is 18.9. The predicted octanol–water partition coefficient (Wildman–Crippen LogP) is -1.01. The van der Waals surface area contributed by atoms with E-state index in [-0.39, 0.29) is 24.8 Å². The summed E-state index contributed by atoms with van der Waals surface area (Å²) in [6.07, 6.45) is 7.94. The van der Waals surface area contributed by atoms with Crippen LogP contribution in [0.5, 0.6) is 0 Å². The van der Waals surface area contributed by atoms with Crippen LogP contribution in [0.15, 0.2) is 60.2 Å². The Kier molecular flexibility index (Phi) is 6.34. The molecule has 1 atom stereocenters. The molecular formula is C21H19Cl2Hf. The van der Waals surface area contributed by atoms with Crippen molar-refractivity contribution < 1.29 is 49.2 Å². The van der Waals surface area contributed by atoms with Crippen LogP contribution in [0, 0.1) is 0 Å². The molecule has 0 N–H and O–H groups in total. The van der Waals surface area contributed by atoms with Crippen LogP contribution >= 0.6 is 0 Å². The fraction of sp³-hybridized carbons (Fsp3) is 0.238. The van der Waals surface area contributed by atoms with E-state index >= 15 is 0 Å². The molecular weight excluding hydrogens is 502 g/mol. The quantitative estimate of drug-likeness (QED) is 0.446. The van der Waals surface area contributed by atoms with E-state index in [0.717, 1.165) is 30.8 Å². The van der Waals surface area contributed by atoms with Crippen molar-refractivity contribution in [3.8, 4) is 11.1 Å². The molecule has 121 valence electrons. The van der Waals surface area contributed by atoms with Crippen molar-refractivity contribution in [3.05, 3.63) is 76.9 Å². The van der Waals surface area contributed by atoms with Gasteiger partial charge in [0.15, 0.2) is 0 Å². The van der Waals surface area contributed by atoms with E-state index in [1.165, 1.54) is 16.7 Å². The number of rotatable bonds is 2. The van der Waals surface area contributed by atoms with Crippen LogP contribution in [0.3, 0.4) is 0 Å². The second-order valence-electron chi connectivity index (χ2n) is 6.54. The molecule has 0 aliphatic heterocycles. The summed E-state index contributed by atoms with van der Waals surface area (Å²) in [5.41, 5.74) is 9.14. The van der Waals surface area contributed by atoms with E-state index < -0.39 is 0 Å². The van der Waals surface area contributed by atoms with Gasteiger partial charge in [-0.25, -0.2) is 0 Å². The summed E-state index contributed by atoms with van der Waals surface area (Å²) in [6, 6.07) is 13.7. The van der Waals surface area contributed by atoms with Gasteiger partial charge in [0.05, 0.1) is 0 Å². The molecule has 2 aliphatic rings. The third kappa shape index (κ3) is 3.00. The van der Waals surface area contributed by atoms with Crippen LogP contribution in [0.1, 0.15) is 48.8 Å². The first-order valence-electron chi connectivity index (χ1n) is 8.01. The van der Waals surface area contributed by atoms with Gasteiger partial charge in [0.25, 0.3) is 0 Å². The van der Waals surface area contributed by atoms with Crippen molar-refractivity contribution >= 4 is 3.32 Å². The predicted molar refractivity (Wildman–Crippen MR) is 89.3 cm³/mol. The summed E-state index contributed by atoms with van der Waals surface area (Å²) in [5, 5.41) is 0. The first-order chi connectivity index (χ1) is 10.7. The molecule has 0 saturated carbocycles. The van der Waals surface area contributed by atoms with Gasteiger partial charge in [0.1, 0.15) is 0 Å². The number of allylic oxidation sites excluding steroid dienone is 4. The van der Waals surface area contributed by atoms with Gasteiger partial charge in [-0.05, 0) is 0 Å². The standard InChI is InChI=1S/C21H19.2ClH.Hf/c1-14(2)16-11-12-18-17-9-5-6-10-19(17)21(20(18)13-16)15-7-3-4-8-15;;;/h3-7,9-12,14,21H,8H2,1-2H3;2*1H;/q;;;+2/p-2. The normalized spacial score (nSPS) is 17.0. The fourth-order valence-corrected chi connectivity index (χ4v) is 6.20. The van der Waals surface area contributed by atoms with E-state index in [0.29, 0.717) is 11.8 Å². The van der Waals surface area contributed by atoms with Crippen molar-refractivity contribution in [1.82, 2.24) is 0 Å². The summed E-state index contributed by atoms with van der Waals surface area (Å²) in [4.78, 5) is 0. The Morgan fingerprint density at radius 3 is 2.42 bits per heavy atom. The van der Waals surface area contributed by atoms with E-state index in [9.17, 15) is 0 Å². The second kappa shape index (κ2) is 7.72. The maximum atomic E-state index is 2.37. The monoisotopic (exact) mass is 521 g/mol. The first kappa shape index (κ1) is 19.7. The zero-order valence-electron chi connectivity index (χ0n) is 13.8. The minimum absolute atomic E-state index is 0. The summed E-state index contributed by atoms with van der Waals surface area (Å²) in [5.74, 6) is 1.09. The Bertz CT molecular complexity index is 819. The van der Waals surface area contributed by atoms with Gasteiger partial charge in [-0.15, -0.1) is 0 Å². The van der Waals surface area contributed by atoms with Gasteiger partial charge in [-0.2, -0.15) is 0 Å². The molecule has 24 heavy (non-hydrogen) atoms. The topological polar surface area (TPSA) is 0 Å². The molecule has 0 nitrogen and oxygen atoms in total. The molecule has 4 rings (SSSR count). The van der Waals surface area contributed by atoms with Crippen LogP contribution in [-0.2, 0) is 24.4 Å². The van der Waals surface area contributed by atoms with Crippen LogP contribution < -0.4 is 28.1 Å². The Labute approximate surface area is 171 Å². The minimum atomic E-state index is 0. The molecule has 0 radical (unpaired) electrons. The smallest absolute Gasteiger partial charge is 1.00 e. The van der Waals surface area contributed by atoms with Crippen molar-refractivity contribution in [3.63, 3.8) is 0 Å². The minimum Gasteiger partial charge on any atom is -1.00 e. The molecule has 0 aromatic heterocycles. The van der Waals surface area contributed by atoms with Crippen LogP contribution in [0.2, 0.25) is 0 Å². The zero-order chi connectivity index (χ0) is 15.3. The molecule has 0 fully saturated rings. The molecule has 0 saturated heterocycles. The summed E-state index contributed by atoms with van der Waals surface area (Å²) in [6.45, 7) is 4.63. The van der Waals surface area contributed by atoms with Gasteiger partial charge in [-0.1, -0.05) is 0 Å².